The van der Waals surface area contributed by atoms with Crippen LogP contribution in [0.4, 0.5) is 4.39 Å². The van der Waals surface area contributed by atoms with E-state index in [9.17, 15) is 4.39 Å². The summed E-state index contributed by atoms with van der Waals surface area (Å²) in [6, 6.07) is 11.7. The monoisotopic (exact) mass is 284 g/mol. The molecule has 0 amide bonds. The highest BCUT2D eigenvalue weighted by Gasteiger charge is 2.25. The van der Waals surface area contributed by atoms with Gasteiger partial charge in [0.2, 0.25) is 0 Å². The predicted octanol–water partition coefficient (Wildman–Crippen LogP) is 6.26. The van der Waals surface area contributed by atoms with Gasteiger partial charge in [-0.3, -0.25) is 0 Å². The lowest BCUT2D eigenvalue weighted by molar-refractivity contribution is 0.340. The lowest BCUT2D eigenvalue weighted by atomic mass is 9.75. The van der Waals surface area contributed by atoms with Gasteiger partial charge in [-0.25, -0.2) is 4.39 Å². The Bertz CT molecular complexity index is 647. The number of hydrogen-bond donors (Lipinski definition) is 0. The van der Waals surface area contributed by atoms with Gasteiger partial charge in [0.05, 0.1) is 0 Å². The zero-order valence-electron chi connectivity index (χ0n) is 13.9. The highest BCUT2D eigenvalue weighted by atomic mass is 19.1. The third kappa shape index (κ3) is 3.34. The average Bonchev–Trinajstić information content (AvgIpc) is 2.40. The van der Waals surface area contributed by atoms with Gasteiger partial charge in [0, 0.05) is 5.56 Å². The van der Waals surface area contributed by atoms with Gasteiger partial charge in [0.25, 0.3) is 0 Å². The van der Waals surface area contributed by atoms with Gasteiger partial charge in [-0.05, 0) is 48.4 Å². The molecule has 0 saturated carbocycles. The number of aryl methyl sites for hydroxylation is 2. The fourth-order valence-electron chi connectivity index (χ4n) is 2.60. The van der Waals surface area contributed by atoms with Crippen LogP contribution in [-0.4, -0.2) is 0 Å². The van der Waals surface area contributed by atoms with E-state index in [2.05, 4.69) is 52.8 Å². The van der Waals surface area contributed by atoms with Crippen LogP contribution in [0.3, 0.4) is 0 Å². The maximum Gasteiger partial charge on any atom is 0.131 e. The second kappa shape index (κ2) is 5.63. The Morgan fingerprint density at radius 3 is 2.05 bits per heavy atom. The number of hydrogen-bond acceptors (Lipinski definition) is 0. The normalized spacial score (nSPS) is 13.3. The molecule has 0 heterocycles. The van der Waals surface area contributed by atoms with Crippen LogP contribution in [0.2, 0.25) is 0 Å². The van der Waals surface area contributed by atoms with E-state index in [1.54, 1.807) is 6.07 Å². The van der Waals surface area contributed by atoms with Gasteiger partial charge in [-0.15, -0.1) is 0 Å². The largest absolute Gasteiger partial charge is 0.206 e. The molecule has 2 aromatic rings. The van der Waals surface area contributed by atoms with E-state index >= 15 is 0 Å². The Kier molecular flexibility index (Phi) is 4.22. The van der Waals surface area contributed by atoms with Crippen molar-refractivity contribution >= 4 is 0 Å². The Morgan fingerprint density at radius 1 is 0.857 bits per heavy atom. The zero-order chi connectivity index (χ0) is 15.8. The van der Waals surface area contributed by atoms with Crippen molar-refractivity contribution in [2.75, 3.05) is 0 Å². The average molecular weight is 284 g/mol. The summed E-state index contributed by atoms with van der Waals surface area (Å²) in [7, 11) is 0. The molecule has 0 aliphatic heterocycles. The summed E-state index contributed by atoms with van der Waals surface area (Å²) in [6.45, 7) is 13.0. The summed E-state index contributed by atoms with van der Waals surface area (Å²) in [5.74, 6) is 0.208. The molecular weight excluding hydrogens is 259 g/mol. The molecule has 0 aliphatic rings. The molecule has 2 aromatic carbocycles. The SMILES string of the molecule is Cc1ccc(F)c(-c2ccc(C)cc2[C@@H](C)C(C)(C)C)c1. The maximum absolute atomic E-state index is 14.3. The van der Waals surface area contributed by atoms with Gasteiger partial charge in [-0.2, -0.15) is 0 Å². The molecular formula is C20H25F. The Morgan fingerprint density at radius 2 is 1.43 bits per heavy atom. The lowest BCUT2D eigenvalue weighted by Crippen LogP contribution is -2.16. The second-order valence-electron chi connectivity index (χ2n) is 7.16. The topological polar surface area (TPSA) is 0 Å². The summed E-state index contributed by atoms with van der Waals surface area (Å²) in [4.78, 5) is 0. The molecule has 0 saturated heterocycles. The Balaban J connectivity index is 2.67. The number of halogens is 1. The van der Waals surface area contributed by atoms with E-state index in [4.69, 9.17) is 0 Å². The minimum atomic E-state index is -0.146. The van der Waals surface area contributed by atoms with E-state index in [0.29, 0.717) is 11.5 Å². The summed E-state index contributed by atoms with van der Waals surface area (Å²) in [5.41, 5.74) is 5.40. The molecule has 21 heavy (non-hydrogen) atoms. The molecule has 0 aromatic heterocycles. The van der Waals surface area contributed by atoms with E-state index in [-0.39, 0.29) is 11.2 Å². The smallest absolute Gasteiger partial charge is 0.131 e. The van der Waals surface area contributed by atoms with E-state index in [0.717, 1.165) is 11.1 Å². The highest BCUT2D eigenvalue weighted by Crippen LogP contribution is 2.40. The molecule has 0 aliphatic carbocycles. The van der Waals surface area contributed by atoms with Crippen molar-refractivity contribution in [2.24, 2.45) is 5.41 Å². The molecule has 0 unspecified atom stereocenters. The van der Waals surface area contributed by atoms with Gasteiger partial charge < -0.3 is 0 Å². The van der Waals surface area contributed by atoms with Gasteiger partial charge in [0.15, 0.2) is 0 Å². The third-order valence-corrected chi connectivity index (χ3v) is 4.38. The van der Waals surface area contributed by atoms with Crippen LogP contribution >= 0.6 is 0 Å². The van der Waals surface area contributed by atoms with Crippen molar-refractivity contribution in [3.05, 3.63) is 58.9 Å². The first-order chi connectivity index (χ1) is 9.70. The molecule has 0 bridgehead atoms. The quantitative estimate of drug-likeness (QED) is 0.610. The number of benzene rings is 2. The summed E-state index contributed by atoms with van der Waals surface area (Å²) < 4.78 is 14.3. The molecule has 112 valence electrons. The van der Waals surface area contributed by atoms with Crippen LogP contribution in [0.15, 0.2) is 36.4 Å². The van der Waals surface area contributed by atoms with E-state index in [1.807, 2.05) is 19.1 Å². The minimum absolute atomic E-state index is 0.142. The first kappa shape index (κ1) is 15.8. The highest BCUT2D eigenvalue weighted by molar-refractivity contribution is 5.70. The van der Waals surface area contributed by atoms with E-state index in [1.165, 1.54) is 11.1 Å². The van der Waals surface area contributed by atoms with Gasteiger partial charge in [0.1, 0.15) is 5.82 Å². The fraction of sp³-hybridized carbons (Fsp3) is 0.400. The molecule has 0 N–H and O–H groups in total. The van der Waals surface area contributed by atoms with Crippen LogP contribution in [-0.2, 0) is 0 Å². The summed E-state index contributed by atoms with van der Waals surface area (Å²) >= 11 is 0. The Hall–Kier alpha value is -1.63. The minimum Gasteiger partial charge on any atom is -0.206 e. The summed E-state index contributed by atoms with van der Waals surface area (Å²) in [5, 5.41) is 0. The zero-order valence-corrected chi connectivity index (χ0v) is 13.9. The molecule has 0 fully saturated rings. The fourth-order valence-corrected chi connectivity index (χ4v) is 2.60. The molecule has 1 heteroatoms. The van der Waals surface area contributed by atoms with Gasteiger partial charge >= 0.3 is 0 Å². The third-order valence-electron chi connectivity index (χ3n) is 4.38. The number of rotatable bonds is 2. The summed E-state index contributed by atoms with van der Waals surface area (Å²) in [6.07, 6.45) is 0. The second-order valence-corrected chi connectivity index (χ2v) is 7.16. The van der Waals surface area contributed by atoms with E-state index < -0.39 is 0 Å². The molecule has 2 rings (SSSR count). The molecule has 0 nitrogen and oxygen atoms in total. The van der Waals surface area contributed by atoms with Crippen molar-refractivity contribution in [3.8, 4) is 11.1 Å². The van der Waals surface area contributed by atoms with Crippen molar-refractivity contribution < 1.29 is 4.39 Å². The van der Waals surface area contributed by atoms with Crippen molar-refractivity contribution in [1.82, 2.24) is 0 Å². The van der Waals surface area contributed by atoms with Crippen molar-refractivity contribution in [2.45, 2.75) is 47.5 Å². The maximum atomic E-state index is 14.3. The molecule has 1 atom stereocenters. The van der Waals surface area contributed by atoms with Crippen LogP contribution in [0.5, 0.6) is 0 Å². The van der Waals surface area contributed by atoms with Crippen LogP contribution < -0.4 is 0 Å². The molecule has 0 spiro atoms. The predicted molar refractivity (Wildman–Crippen MR) is 89.2 cm³/mol. The standard InChI is InChI=1S/C20H25F/c1-13-7-9-16(17(11-13)15(3)20(4,5)6)18-12-14(2)8-10-19(18)21/h7-12,15H,1-6H3/t15-/m1/s1. The van der Waals surface area contributed by atoms with Crippen LogP contribution in [0.1, 0.15) is 50.3 Å². The van der Waals surface area contributed by atoms with Crippen molar-refractivity contribution in [3.63, 3.8) is 0 Å². The van der Waals surface area contributed by atoms with Crippen LogP contribution in [0, 0.1) is 25.1 Å². The van der Waals surface area contributed by atoms with Crippen LogP contribution in [0.25, 0.3) is 11.1 Å². The lowest BCUT2D eigenvalue weighted by Gasteiger charge is -2.30. The van der Waals surface area contributed by atoms with Gasteiger partial charge in [-0.1, -0.05) is 63.1 Å². The van der Waals surface area contributed by atoms with Crippen molar-refractivity contribution in [1.29, 1.82) is 0 Å². The first-order valence-corrected chi connectivity index (χ1v) is 7.57. The first-order valence-electron chi connectivity index (χ1n) is 7.57. The molecule has 0 radical (unpaired) electrons. The Labute approximate surface area is 128 Å².